The molecule has 248 valence electrons. The zero-order valence-corrected chi connectivity index (χ0v) is 28.6. The van der Waals surface area contributed by atoms with E-state index in [2.05, 4.69) is 34.5 Å². The van der Waals surface area contributed by atoms with Crippen LogP contribution in [0.2, 0.25) is 0 Å². The maximum Gasteiger partial charge on any atom is 0.301 e. The standard InChI is InChI=1S/C40H31N3O5S2/c1-24-19-30-20-28(17-18-33(30)48-24)36(44)34-35(27-13-8-15-31(21-27)47-22-25-9-3-2-4-10-25)43(38(46)37(34)45)39-41-42-40(50-39)49-23-29-14-7-12-26-11-5-6-16-32(26)29/h2-18,20-21,24,35,44H,19,22-23H2,1H3/b36-34+/t24-,35+/m0/s1. The number of hydrogen-bond acceptors (Lipinski definition) is 9. The van der Waals surface area contributed by atoms with Crippen LogP contribution in [0.4, 0.5) is 5.13 Å². The molecule has 0 bridgehead atoms. The minimum atomic E-state index is -0.970. The highest BCUT2D eigenvalue weighted by Gasteiger charge is 2.48. The molecule has 0 saturated carbocycles. The summed E-state index contributed by atoms with van der Waals surface area (Å²) in [5.41, 5.74) is 4.09. The lowest BCUT2D eigenvalue weighted by atomic mass is 9.94. The largest absolute Gasteiger partial charge is 0.507 e. The van der Waals surface area contributed by atoms with Crippen molar-refractivity contribution in [2.45, 2.75) is 42.2 Å². The number of carbonyl (C=O) groups excluding carboxylic acids is 2. The number of aliphatic hydroxyl groups is 1. The summed E-state index contributed by atoms with van der Waals surface area (Å²) in [5.74, 6) is 0.116. The number of hydrogen-bond donors (Lipinski definition) is 1. The van der Waals surface area contributed by atoms with Gasteiger partial charge in [-0.25, -0.2) is 0 Å². The fraction of sp³-hybridized carbons (Fsp3) is 0.150. The average molecular weight is 698 g/mol. The summed E-state index contributed by atoms with van der Waals surface area (Å²) in [6, 6.07) is 35.9. The second-order valence-electron chi connectivity index (χ2n) is 12.2. The smallest absolute Gasteiger partial charge is 0.301 e. The molecule has 3 heterocycles. The predicted molar refractivity (Wildman–Crippen MR) is 196 cm³/mol. The number of amides is 1. The Hall–Kier alpha value is -5.45. The van der Waals surface area contributed by atoms with Crippen molar-refractivity contribution < 1.29 is 24.2 Å². The van der Waals surface area contributed by atoms with Gasteiger partial charge < -0.3 is 14.6 Å². The van der Waals surface area contributed by atoms with Gasteiger partial charge in [-0.05, 0) is 70.3 Å². The van der Waals surface area contributed by atoms with Crippen molar-refractivity contribution in [3.8, 4) is 11.5 Å². The molecule has 8 rings (SSSR count). The van der Waals surface area contributed by atoms with Gasteiger partial charge in [0.2, 0.25) is 5.13 Å². The Balaban J connectivity index is 1.15. The van der Waals surface area contributed by atoms with Gasteiger partial charge in [-0.1, -0.05) is 108 Å². The molecule has 2 aliphatic heterocycles. The monoisotopic (exact) mass is 697 g/mol. The van der Waals surface area contributed by atoms with E-state index in [0.29, 0.717) is 40.0 Å². The van der Waals surface area contributed by atoms with Gasteiger partial charge in [0.15, 0.2) is 4.34 Å². The fourth-order valence-electron chi connectivity index (χ4n) is 6.50. The predicted octanol–water partition coefficient (Wildman–Crippen LogP) is 8.51. The number of carbonyl (C=O) groups is 2. The van der Waals surface area contributed by atoms with E-state index in [1.54, 1.807) is 18.2 Å². The van der Waals surface area contributed by atoms with E-state index >= 15 is 0 Å². The first kappa shape index (κ1) is 31.8. The third kappa shape index (κ3) is 6.12. The van der Waals surface area contributed by atoms with Crippen molar-refractivity contribution in [2.75, 3.05) is 4.90 Å². The number of ether oxygens (including phenoxy) is 2. The number of ketones is 1. The number of anilines is 1. The third-order valence-corrected chi connectivity index (χ3v) is 11.0. The molecule has 0 aliphatic carbocycles. The average Bonchev–Trinajstić information content (AvgIpc) is 3.84. The molecular weight excluding hydrogens is 667 g/mol. The van der Waals surface area contributed by atoms with Crippen LogP contribution in [0.15, 0.2) is 125 Å². The molecule has 2 aliphatic rings. The number of thioether (sulfide) groups is 1. The SMILES string of the molecule is C[C@H]1Cc2cc(/C(O)=C3\C(=O)C(=O)N(c4nnc(SCc5cccc6ccccc56)s4)[C@@H]3c3cccc(OCc4ccccc4)c3)ccc2O1. The molecule has 0 radical (unpaired) electrons. The molecule has 2 atom stereocenters. The molecule has 6 aromatic rings. The van der Waals surface area contributed by atoms with Gasteiger partial charge in [-0.2, -0.15) is 0 Å². The minimum Gasteiger partial charge on any atom is -0.507 e. The van der Waals surface area contributed by atoms with Crippen molar-refractivity contribution in [1.29, 1.82) is 0 Å². The molecule has 0 unspecified atom stereocenters. The van der Waals surface area contributed by atoms with Crippen molar-refractivity contribution in [3.05, 3.63) is 149 Å². The number of aliphatic hydroxyl groups excluding tert-OH is 1. The van der Waals surface area contributed by atoms with Gasteiger partial charge in [0.05, 0.1) is 11.6 Å². The lowest BCUT2D eigenvalue weighted by Gasteiger charge is -2.23. The van der Waals surface area contributed by atoms with Gasteiger partial charge in [0.1, 0.15) is 30.0 Å². The first-order valence-corrected chi connectivity index (χ1v) is 18.0. The van der Waals surface area contributed by atoms with E-state index in [1.165, 1.54) is 33.4 Å². The summed E-state index contributed by atoms with van der Waals surface area (Å²) < 4.78 is 12.6. The molecule has 0 spiro atoms. The van der Waals surface area contributed by atoms with E-state index in [0.717, 1.165) is 27.8 Å². The first-order chi connectivity index (χ1) is 24.4. The molecular formula is C40H31N3O5S2. The van der Waals surface area contributed by atoms with E-state index in [9.17, 15) is 14.7 Å². The molecule has 1 aromatic heterocycles. The zero-order valence-electron chi connectivity index (χ0n) is 27.0. The normalized spacial score (nSPS) is 18.0. The number of benzene rings is 5. The van der Waals surface area contributed by atoms with E-state index in [4.69, 9.17) is 9.47 Å². The second-order valence-corrected chi connectivity index (χ2v) is 14.4. The Morgan fingerprint density at radius 1 is 0.940 bits per heavy atom. The van der Waals surface area contributed by atoms with Crippen LogP contribution in [-0.2, 0) is 28.4 Å². The molecule has 10 heteroatoms. The summed E-state index contributed by atoms with van der Waals surface area (Å²) in [7, 11) is 0. The van der Waals surface area contributed by atoms with Crippen molar-refractivity contribution in [2.24, 2.45) is 0 Å². The molecule has 1 fully saturated rings. The van der Waals surface area contributed by atoms with Crippen LogP contribution < -0.4 is 14.4 Å². The number of aromatic nitrogens is 2. The Bertz CT molecular complexity index is 2280. The molecule has 50 heavy (non-hydrogen) atoms. The minimum absolute atomic E-state index is 0.0108. The van der Waals surface area contributed by atoms with Crippen molar-refractivity contribution in [1.82, 2.24) is 10.2 Å². The lowest BCUT2D eigenvalue weighted by Crippen LogP contribution is -2.29. The van der Waals surface area contributed by atoms with Crippen LogP contribution >= 0.6 is 23.1 Å². The molecule has 8 nitrogen and oxygen atoms in total. The maximum absolute atomic E-state index is 13.9. The third-order valence-electron chi connectivity index (χ3n) is 8.87. The van der Waals surface area contributed by atoms with Gasteiger partial charge in [0.25, 0.3) is 5.78 Å². The second kappa shape index (κ2) is 13.5. The quantitative estimate of drug-likeness (QED) is 0.0528. The molecule has 1 saturated heterocycles. The molecule has 1 amide bonds. The van der Waals surface area contributed by atoms with Crippen LogP contribution in [0.1, 0.15) is 40.8 Å². The molecule has 5 aromatic carbocycles. The number of nitrogens with zero attached hydrogens (tertiary/aromatic N) is 3. The van der Waals surface area contributed by atoms with Crippen molar-refractivity contribution >= 4 is 56.5 Å². The van der Waals surface area contributed by atoms with Crippen LogP contribution in [-0.4, -0.2) is 33.1 Å². The first-order valence-electron chi connectivity index (χ1n) is 16.2. The number of rotatable bonds is 9. The summed E-state index contributed by atoms with van der Waals surface area (Å²) in [6.45, 7) is 2.32. The van der Waals surface area contributed by atoms with E-state index in [-0.39, 0.29) is 22.6 Å². The van der Waals surface area contributed by atoms with E-state index in [1.807, 2.05) is 79.7 Å². The topological polar surface area (TPSA) is 102 Å². The van der Waals surface area contributed by atoms with Gasteiger partial charge in [-0.3, -0.25) is 14.5 Å². The Labute approximate surface area is 297 Å². The highest BCUT2D eigenvalue weighted by Crippen LogP contribution is 2.45. The van der Waals surface area contributed by atoms with Crippen LogP contribution in [0.5, 0.6) is 11.5 Å². The van der Waals surface area contributed by atoms with E-state index < -0.39 is 17.7 Å². The summed E-state index contributed by atoms with van der Waals surface area (Å²) in [4.78, 5) is 29.2. The lowest BCUT2D eigenvalue weighted by molar-refractivity contribution is -0.132. The Morgan fingerprint density at radius 2 is 1.74 bits per heavy atom. The number of fused-ring (bicyclic) bond motifs is 2. The van der Waals surface area contributed by atoms with Gasteiger partial charge in [-0.15, -0.1) is 10.2 Å². The van der Waals surface area contributed by atoms with Crippen molar-refractivity contribution in [3.63, 3.8) is 0 Å². The maximum atomic E-state index is 13.9. The highest BCUT2D eigenvalue weighted by atomic mass is 32.2. The highest BCUT2D eigenvalue weighted by molar-refractivity contribution is 8.00. The van der Waals surface area contributed by atoms with Crippen LogP contribution in [0.3, 0.4) is 0 Å². The van der Waals surface area contributed by atoms with Gasteiger partial charge in [0, 0.05) is 17.7 Å². The summed E-state index contributed by atoms with van der Waals surface area (Å²) >= 11 is 2.76. The fourth-order valence-corrected chi connectivity index (χ4v) is 8.37. The Kier molecular flexibility index (Phi) is 8.56. The molecule has 1 N–H and O–H groups in total. The zero-order chi connectivity index (χ0) is 34.2. The van der Waals surface area contributed by atoms with Gasteiger partial charge >= 0.3 is 5.91 Å². The summed E-state index contributed by atoms with van der Waals surface area (Å²) in [6.07, 6.45) is 0.690. The summed E-state index contributed by atoms with van der Waals surface area (Å²) in [5, 5.41) is 23.2. The Morgan fingerprint density at radius 3 is 2.62 bits per heavy atom. The van der Waals surface area contributed by atoms with Crippen LogP contribution in [0.25, 0.3) is 16.5 Å². The number of Topliss-reactive ketones (excluding diaryl/α,β-unsaturated/α-hetero) is 1. The van der Waals surface area contributed by atoms with Crippen LogP contribution in [0, 0.1) is 0 Å².